The summed E-state index contributed by atoms with van der Waals surface area (Å²) in [5.74, 6) is 2.86. The van der Waals surface area contributed by atoms with E-state index >= 15 is 0 Å². The van der Waals surface area contributed by atoms with Gasteiger partial charge < -0.3 is 0 Å². The van der Waals surface area contributed by atoms with Gasteiger partial charge in [0.25, 0.3) is 0 Å². The highest BCUT2D eigenvalue weighted by molar-refractivity contribution is 5.03. The highest BCUT2D eigenvalue weighted by atomic mass is 14.6. The smallest absolute Gasteiger partial charge is 0.0267 e. The summed E-state index contributed by atoms with van der Waals surface area (Å²) in [6.45, 7) is 12.5. The largest absolute Gasteiger partial charge is 0.0620 e. The summed E-state index contributed by atoms with van der Waals surface area (Å²) in [6.07, 6.45) is 5.88. The lowest BCUT2D eigenvalue weighted by molar-refractivity contribution is -0.0338. The van der Waals surface area contributed by atoms with Crippen LogP contribution in [0.4, 0.5) is 0 Å². The van der Waals surface area contributed by atoms with Gasteiger partial charge in [0.1, 0.15) is 0 Å². The average Bonchev–Trinajstić information content (AvgIpc) is 2.39. The summed E-state index contributed by atoms with van der Waals surface area (Å²) < 4.78 is 0. The molecule has 4 atom stereocenters. The second-order valence-corrected chi connectivity index (χ2v) is 6.80. The second kappa shape index (κ2) is 3.00. The fourth-order valence-electron chi connectivity index (χ4n) is 4.31. The second-order valence-electron chi connectivity index (χ2n) is 6.80. The molecule has 0 aromatic heterocycles. The summed E-state index contributed by atoms with van der Waals surface area (Å²) >= 11 is 0. The van der Waals surface area contributed by atoms with Gasteiger partial charge in [0, 0.05) is 0 Å². The number of fused-ring (bicyclic) bond motifs is 1. The molecule has 0 saturated heterocycles. The molecule has 2 rings (SSSR count). The Balaban J connectivity index is 2.31. The van der Waals surface area contributed by atoms with Gasteiger partial charge in [-0.05, 0) is 54.3 Å². The van der Waals surface area contributed by atoms with Crippen molar-refractivity contribution in [2.45, 2.75) is 60.3 Å². The zero-order valence-electron chi connectivity index (χ0n) is 10.6. The van der Waals surface area contributed by atoms with E-state index in [1.807, 2.05) is 0 Å². The van der Waals surface area contributed by atoms with Crippen molar-refractivity contribution in [1.29, 1.82) is 0 Å². The zero-order chi connectivity index (χ0) is 10.6. The molecule has 0 radical (unpaired) electrons. The van der Waals surface area contributed by atoms with Crippen LogP contribution in [0.1, 0.15) is 60.3 Å². The van der Waals surface area contributed by atoms with Crippen molar-refractivity contribution >= 4 is 0 Å². The minimum absolute atomic E-state index is 0.581. The molecule has 2 aliphatic rings. The van der Waals surface area contributed by atoms with Gasteiger partial charge in [0.05, 0.1) is 0 Å². The SMILES string of the molecule is CC1CC[C@]2(C)[C@H](C)CC[C@H]2C1(C)C. The number of rotatable bonds is 0. The van der Waals surface area contributed by atoms with Crippen LogP contribution < -0.4 is 0 Å². The van der Waals surface area contributed by atoms with E-state index in [1.54, 1.807) is 0 Å². The molecule has 0 N–H and O–H groups in total. The van der Waals surface area contributed by atoms with E-state index in [0.29, 0.717) is 10.8 Å². The first-order valence-corrected chi connectivity index (χ1v) is 6.39. The summed E-state index contributed by atoms with van der Waals surface area (Å²) in [5, 5.41) is 0. The van der Waals surface area contributed by atoms with Crippen LogP contribution in [0.2, 0.25) is 0 Å². The van der Waals surface area contributed by atoms with Crippen molar-refractivity contribution in [3.8, 4) is 0 Å². The maximum absolute atomic E-state index is 2.56. The van der Waals surface area contributed by atoms with Crippen LogP contribution in [0.25, 0.3) is 0 Å². The molecule has 0 heteroatoms. The van der Waals surface area contributed by atoms with Gasteiger partial charge in [-0.15, -0.1) is 0 Å². The Kier molecular flexibility index (Phi) is 2.25. The molecule has 0 amide bonds. The van der Waals surface area contributed by atoms with E-state index in [9.17, 15) is 0 Å². The molecule has 0 aromatic rings. The standard InChI is InChI=1S/C14H26/c1-10-8-9-14(5)11(2)6-7-12(14)13(10,3)4/h10-12H,6-9H2,1-5H3/t10?,11-,12+,14-/m1/s1. The van der Waals surface area contributed by atoms with E-state index in [0.717, 1.165) is 17.8 Å². The van der Waals surface area contributed by atoms with Crippen LogP contribution in [-0.4, -0.2) is 0 Å². The van der Waals surface area contributed by atoms with Gasteiger partial charge in [0.15, 0.2) is 0 Å². The van der Waals surface area contributed by atoms with Gasteiger partial charge in [0.2, 0.25) is 0 Å². The highest BCUT2D eigenvalue weighted by Crippen LogP contribution is 2.63. The number of hydrogen-bond acceptors (Lipinski definition) is 0. The van der Waals surface area contributed by atoms with Crippen molar-refractivity contribution < 1.29 is 0 Å². The number of hydrogen-bond donors (Lipinski definition) is 0. The predicted octanol–water partition coefficient (Wildman–Crippen LogP) is 4.49. The topological polar surface area (TPSA) is 0 Å². The Bertz CT molecular complexity index is 228. The molecule has 0 nitrogen and oxygen atoms in total. The van der Waals surface area contributed by atoms with Crippen LogP contribution in [0, 0.1) is 28.6 Å². The fourth-order valence-corrected chi connectivity index (χ4v) is 4.31. The first kappa shape index (κ1) is 10.5. The van der Waals surface area contributed by atoms with E-state index in [-0.39, 0.29) is 0 Å². The van der Waals surface area contributed by atoms with E-state index in [1.165, 1.54) is 25.7 Å². The molecule has 2 fully saturated rings. The summed E-state index contributed by atoms with van der Waals surface area (Å²) in [5.41, 5.74) is 1.24. The van der Waals surface area contributed by atoms with Crippen molar-refractivity contribution in [2.75, 3.05) is 0 Å². The van der Waals surface area contributed by atoms with E-state index < -0.39 is 0 Å². The molecule has 0 aliphatic heterocycles. The molecular formula is C14H26. The van der Waals surface area contributed by atoms with Crippen molar-refractivity contribution in [3.63, 3.8) is 0 Å². The van der Waals surface area contributed by atoms with Crippen LogP contribution in [-0.2, 0) is 0 Å². The normalized spacial score (nSPS) is 51.6. The van der Waals surface area contributed by atoms with Crippen molar-refractivity contribution in [3.05, 3.63) is 0 Å². The van der Waals surface area contributed by atoms with Crippen LogP contribution in [0.3, 0.4) is 0 Å². The maximum Gasteiger partial charge on any atom is -0.0267 e. The molecule has 0 heterocycles. The molecule has 1 unspecified atom stereocenters. The monoisotopic (exact) mass is 194 g/mol. The first-order valence-electron chi connectivity index (χ1n) is 6.39. The van der Waals surface area contributed by atoms with E-state index in [2.05, 4.69) is 34.6 Å². The van der Waals surface area contributed by atoms with Gasteiger partial charge >= 0.3 is 0 Å². The van der Waals surface area contributed by atoms with E-state index in [4.69, 9.17) is 0 Å². The molecule has 82 valence electrons. The van der Waals surface area contributed by atoms with Crippen LogP contribution in [0.15, 0.2) is 0 Å². The third-order valence-electron chi connectivity index (χ3n) is 6.09. The average molecular weight is 194 g/mol. The van der Waals surface area contributed by atoms with Crippen molar-refractivity contribution in [2.24, 2.45) is 28.6 Å². The predicted molar refractivity (Wildman–Crippen MR) is 62.2 cm³/mol. The first-order chi connectivity index (χ1) is 6.39. The summed E-state index contributed by atoms with van der Waals surface area (Å²) in [7, 11) is 0. The van der Waals surface area contributed by atoms with Crippen LogP contribution in [0.5, 0.6) is 0 Å². The Morgan fingerprint density at radius 1 is 0.857 bits per heavy atom. The van der Waals surface area contributed by atoms with Gasteiger partial charge in [-0.3, -0.25) is 0 Å². The highest BCUT2D eigenvalue weighted by Gasteiger charge is 2.54. The molecule has 14 heavy (non-hydrogen) atoms. The van der Waals surface area contributed by atoms with Gasteiger partial charge in [-0.25, -0.2) is 0 Å². The quantitative estimate of drug-likeness (QED) is 0.533. The third-order valence-corrected chi connectivity index (χ3v) is 6.09. The minimum atomic E-state index is 0.581. The Morgan fingerprint density at radius 2 is 1.50 bits per heavy atom. The molecule has 0 spiro atoms. The molecule has 2 saturated carbocycles. The van der Waals surface area contributed by atoms with Crippen molar-refractivity contribution in [1.82, 2.24) is 0 Å². The molecule has 2 aliphatic carbocycles. The minimum Gasteiger partial charge on any atom is -0.0620 e. The zero-order valence-corrected chi connectivity index (χ0v) is 10.6. The lowest BCUT2D eigenvalue weighted by Gasteiger charge is -2.52. The summed E-state index contributed by atoms with van der Waals surface area (Å²) in [4.78, 5) is 0. The molecule has 0 bridgehead atoms. The Hall–Kier alpha value is 0. The fraction of sp³-hybridized carbons (Fsp3) is 1.00. The third kappa shape index (κ3) is 1.19. The maximum atomic E-state index is 2.56. The lowest BCUT2D eigenvalue weighted by atomic mass is 9.53. The Labute approximate surface area is 89.5 Å². The lowest BCUT2D eigenvalue weighted by Crippen LogP contribution is -2.45. The summed E-state index contributed by atoms with van der Waals surface area (Å²) in [6, 6.07) is 0. The van der Waals surface area contributed by atoms with Crippen LogP contribution >= 0.6 is 0 Å². The molecular weight excluding hydrogens is 168 g/mol. The van der Waals surface area contributed by atoms with Gasteiger partial charge in [-0.1, -0.05) is 34.6 Å². The molecule has 0 aromatic carbocycles. The Morgan fingerprint density at radius 3 is 2.14 bits per heavy atom. The van der Waals surface area contributed by atoms with Gasteiger partial charge in [-0.2, -0.15) is 0 Å².